The normalized spacial score (nSPS) is 13.6. The Balaban J connectivity index is 0.000000226. The zero-order valence-corrected chi connectivity index (χ0v) is 32.0. The van der Waals surface area contributed by atoms with Crippen molar-refractivity contribution in [1.29, 1.82) is 0 Å². The van der Waals surface area contributed by atoms with Crippen LogP contribution in [0.4, 0.5) is 0 Å². The first kappa shape index (κ1) is 28.6. The van der Waals surface area contributed by atoms with Gasteiger partial charge in [0.25, 0.3) is 0 Å². The van der Waals surface area contributed by atoms with E-state index in [0.717, 1.165) is 66.9 Å². The van der Waals surface area contributed by atoms with Crippen LogP contribution in [0.5, 0.6) is 0 Å². The molecule has 4 nitrogen and oxygen atoms in total. The van der Waals surface area contributed by atoms with Gasteiger partial charge in [0.2, 0.25) is 0 Å². The van der Waals surface area contributed by atoms with Crippen LogP contribution in [-0.2, 0) is 20.1 Å². The van der Waals surface area contributed by atoms with Crippen molar-refractivity contribution in [1.82, 2.24) is 14.5 Å². The van der Waals surface area contributed by atoms with Gasteiger partial charge in [-0.05, 0) is 47.3 Å². The SMILES string of the molecule is [2H]C(C)(C)c1ccc2o[c-]c(-c3nc4ccccc4n3-c3c(-c4ccccc4)cccc3-c3ccccc3)c2c1.[2H]C([2H])([2H])c1c[c-]c(-c2ccc(C([2H])([2H])[2H])cn2)cc1.[Ir]. The molecular weight excluding hydrogens is 839 g/mol. The number of rotatable bonds is 6. The maximum atomic E-state index is 8.63. The third kappa shape index (κ3) is 7.34. The van der Waals surface area contributed by atoms with E-state index in [9.17, 15) is 0 Å². The van der Waals surface area contributed by atoms with Crippen LogP contribution in [0.15, 0.2) is 162 Å². The van der Waals surface area contributed by atoms with Gasteiger partial charge in [0.05, 0.1) is 22.5 Å². The smallest absolute Gasteiger partial charge is 0.0774 e. The standard InChI is InChI=1S/C36H27N2O.C13H12N.Ir/c1-24(2)27-20-21-34-30(22-27)31(23-39-34)36-37-32-18-9-10-19-33(32)38(36)35-28(25-12-5-3-6-13-25)16-11-17-29(35)26-14-7-4-8-15-26;1-10-3-6-12(7-4-10)13-8-5-11(2)9-14-13;/h3-22,24H,1-2H3;3-6,8-9H,1-2H3;/q2*-1;/i24D;1D3,2D3;. The van der Waals surface area contributed by atoms with Gasteiger partial charge in [-0.15, -0.1) is 35.4 Å². The molecule has 1 radical (unpaired) electrons. The van der Waals surface area contributed by atoms with Crippen LogP contribution in [0.2, 0.25) is 0 Å². The zero-order chi connectivity index (χ0) is 42.2. The Labute approximate surface area is 340 Å². The van der Waals surface area contributed by atoms with Crippen molar-refractivity contribution in [2.75, 3.05) is 0 Å². The first-order chi connectivity index (χ1) is 28.7. The van der Waals surface area contributed by atoms with E-state index in [2.05, 4.69) is 101 Å². The molecule has 0 amide bonds. The molecule has 0 unspecified atom stereocenters. The van der Waals surface area contributed by atoms with E-state index in [-0.39, 0.29) is 31.2 Å². The summed E-state index contributed by atoms with van der Waals surface area (Å²) in [6.45, 7) is -0.543. The van der Waals surface area contributed by atoms with Crippen molar-refractivity contribution in [2.24, 2.45) is 0 Å². The van der Waals surface area contributed by atoms with Crippen molar-refractivity contribution in [3.63, 3.8) is 0 Å². The molecule has 0 bridgehead atoms. The van der Waals surface area contributed by atoms with Crippen LogP contribution in [0.25, 0.3) is 72.6 Å². The van der Waals surface area contributed by atoms with Gasteiger partial charge < -0.3 is 14.0 Å². The quantitative estimate of drug-likeness (QED) is 0.156. The Morgan fingerprint density at radius 3 is 2.04 bits per heavy atom. The second-order valence-electron chi connectivity index (χ2n) is 12.9. The Morgan fingerprint density at radius 1 is 0.722 bits per heavy atom. The third-order valence-electron chi connectivity index (χ3n) is 9.16. The van der Waals surface area contributed by atoms with Gasteiger partial charge >= 0.3 is 0 Å². The van der Waals surface area contributed by atoms with E-state index in [0.29, 0.717) is 11.3 Å². The first-order valence-electron chi connectivity index (χ1n) is 20.8. The molecule has 0 spiro atoms. The molecule has 9 aromatic rings. The second kappa shape index (κ2) is 16.0. The molecule has 267 valence electrons. The molecule has 0 aliphatic carbocycles. The Morgan fingerprint density at radius 2 is 1.41 bits per heavy atom. The molecule has 54 heavy (non-hydrogen) atoms. The van der Waals surface area contributed by atoms with Gasteiger partial charge in [0.15, 0.2) is 0 Å². The Bertz CT molecular complexity index is 2800. The fraction of sp³-hybridized carbons (Fsp3) is 0.102. The summed E-state index contributed by atoms with van der Waals surface area (Å²) in [6.07, 6.45) is 4.48. The maximum absolute atomic E-state index is 8.63. The van der Waals surface area contributed by atoms with E-state index in [1.807, 2.05) is 56.3 Å². The van der Waals surface area contributed by atoms with Crippen LogP contribution in [0.1, 0.15) is 46.0 Å². The van der Waals surface area contributed by atoms with Crippen LogP contribution < -0.4 is 0 Å². The number of nitrogens with zero attached hydrogens (tertiary/aromatic N) is 3. The number of para-hydroxylation sites is 3. The van der Waals surface area contributed by atoms with E-state index < -0.39 is 19.6 Å². The third-order valence-corrected chi connectivity index (χ3v) is 9.16. The minimum atomic E-state index is -2.18. The largest absolute Gasteiger partial charge is 0.557 e. The van der Waals surface area contributed by atoms with Gasteiger partial charge in [-0.1, -0.05) is 159 Å². The molecule has 0 saturated carbocycles. The number of imidazole rings is 1. The van der Waals surface area contributed by atoms with Gasteiger partial charge in [0.1, 0.15) is 0 Å². The molecule has 0 aliphatic heterocycles. The van der Waals surface area contributed by atoms with Gasteiger partial charge in [-0.3, -0.25) is 4.98 Å². The monoisotopic (exact) mass is 885 g/mol. The van der Waals surface area contributed by atoms with E-state index >= 15 is 0 Å². The molecule has 6 aromatic carbocycles. The topological polar surface area (TPSA) is 43.9 Å². The Hall–Kier alpha value is -5.87. The summed E-state index contributed by atoms with van der Waals surface area (Å²) in [5, 5.41) is 0.896. The molecular formula is C49H39IrN3O-2. The molecule has 0 atom stereocenters. The van der Waals surface area contributed by atoms with E-state index in [1.165, 1.54) is 24.4 Å². The number of aromatic nitrogens is 3. The van der Waals surface area contributed by atoms with Crippen molar-refractivity contribution in [2.45, 2.75) is 33.4 Å². The summed E-state index contributed by atoms with van der Waals surface area (Å²) < 4.78 is 60.5. The minimum absolute atomic E-state index is 0. The van der Waals surface area contributed by atoms with Crippen molar-refractivity contribution >= 4 is 22.0 Å². The summed E-state index contributed by atoms with van der Waals surface area (Å²) in [6, 6.07) is 52.0. The molecule has 0 fully saturated rings. The predicted molar refractivity (Wildman–Crippen MR) is 218 cm³/mol. The summed E-state index contributed by atoms with van der Waals surface area (Å²) in [4.78, 5) is 9.24. The molecule has 0 N–H and O–H groups in total. The van der Waals surface area contributed by atoms with Crippen LogP contribution in [-0.4, -0.2) is 14.5 Å². The average Bonchev–Trinajstić information content (AvgIpc) is 3.85. The number of hydrogen-bond donors (Lipinski definition) is 0. The van der Waals surface area contributed by atoms with Crippen LogP contribution >= 0.6 is 0 Å². The number of furan rings is 1. The summed E-state index contributed by atoms with van der Waals surface area (Å²) in [5.41, 5.74) is 11.3. The number of fused-ring (bicyclic) bond motifs is 2. The molecule has 3 aromatic heterocycles. The predicted octanol–water partition coefficient (Wildman–Crippen LogP) is 12.9. The maximum Gasteiger partial charge on any atom is 0.0774 e. The van der Waals surface area contributed by atoms with E-state index in [4.69, 9.17) is 19.0 Å². The molecule has 9 rings (SSSR count). The summed E-state index contributed by atoms with van der Waals surface area (Å²) >= 11 is 0. The molecule has 3 heterocycles. The number of hydrogen-bond acceptors (Lipinski definition) is 3. The second-order valence-corrected chi connectivity index (χ2v) is 12.9. The average molecular weight is 885 g/mol. The van der Waals surface area contributed by atoms with Crippen molar-refractivity contribution in [3.05, 3.63) is 187 Å². The van der Waals surface area contributed by atoms with E-state index in [1.54, 1.807) is 12.1 Å². The number of aryl methyl sites for hydroxylation is 2. The minimum Gasteiger partial charge on any atom is -0.557 e. The van der Waals surface area contributed by atoms with Gasteiger partial charge in [-0.25, -0.2) is 0 Å². The van der Waals surface area contributed by atoms with Crippen LogP contribution in [0.3, 0.4) is 0 Å². The van der Waals surface area contributed by atoms with Gasteiger partial charge in [0, 0.05) is 58.9 Å². The molecule has 5 heteroatoms. The summed E-state index contributed by atoms with van der Waals surface area (Å²) in [7, 11) is 0. The Kier molecular flexibility index (Phi) is 8.49. The first-order valence-corrected chi connectivity index (χ1v) is 17.3. The molecule has 0 saturated heterocycles. The zero-order valence-electron chi connectivity index (χ0n) is 36.6. The number of pyridine rings is 1. The van der Waals surface area contributed by atoms with Crippen molar-refractivity contribution < 1.29 is 34.1 Å². The van der Waals surface area contributed by atoms with Crippen LogP contribution in [0, 0.1) is 26.0 Å². The fourth-order valence-electron chi connectivity index (χ4n) is 6.50. The molecule has 0 aliphatic rings. The van der Waals surface area contributed by atoms with Crippen molar-refractivity contribution in [3.8, 4) is 50.6 Å². The summed E-state index contributed by atoms with van der Waals surface area (Å²) in [5.74, 6) is 0.00364. The number of benzene rings is 6. The fourth-order valence-corrected chi connectivity index (χ4v) is 6.50. The van der Waals surface area contributed by atoms with Gasteiger partial charge in [-0.2, -0.15) is 0 Å².